The number of hydrogen-bond donors (Lipinski definition) is 0. The third-order valence-corrected chi connectivity index (χ3v) is 5.11. The van der Waals surface area contributed by atoms with Crippen LogP contribution in [0.15, 0.2) is 66.9 Å². The van der Waals surface area contributed by atoms with Crippen LogP contribution in [0.4, 0.5) is 0 Å². The molecule has 0 N–H and O–H groups in total. The van der Waals surface area contributed by atoms with Gasteiger partial charge in [0.15, 0.2) is 0 Å². The number of carbonyl (C=O) groups excluding carboxylic acids is 3. The molecule has 0 atom stereocenters. The lowest BCUT2D eigenvalue weighted by molar-refractivity contribution is -0.153. The summed E-state index contributed by atoms with van der Waals surface area (Å²) in [6, 6.07) is 17.4. The normalized spacial score (nSPS) is 11.3. The van der Waals surface area contributed by atoms with Crippen LogP contribution in [0.5, 0.6) is 0 Å². The number of ketones is 1. The SMILES string of the molecule is COC(=O)c1cccc(C(=O)c2c(-c3ccccc3)nn3cc(CC(=O)OC(C)(C)C)ccc23)n1. The first kappa shape index (κ1) is 23.8. The zero-order valence-corrected chi connectivity index (χ0v) is 19.9. The number of benzene rings is 1. The Morgan fingerprint density at radius 3 is 2.31 bits per heavy atom. The molecule has 0 saturated heterocycles. The molecule has 1 aromatic carbocycles. The van der Waals surface area contributed by atoms with Crippen LogP contribution in [0.2, 0.25) is 0 Å². The number of carbonyl (C=O) groups is 3. The van der Waals surface area contributed by atoms with Crippen LogP contribution in [0, 0.1) is 0 Å². The highest BCUT2D eigenvalue weighted by molar-refractivity contribution is 6.16. The second-order valence-corrected chi connectivity index (χ2v) is 8.95. The summed E-state index contributed by atoms with van der Waals surface area (Å²) in [4.78, 5) is 42.1. The molecule has 4 rings (SSSR count). The molecule has 0 aliphatic carbocycles. The Hall–Kier alpha value is -4.33. The maximum atomic E-state index is 13.7. The van der Waals surface area contributed by atoms with Gasteiger partial charge in [-0.2, -0.15) is 5.10 Å². The first-order valence-electron chi connectivity index (χ1n) is 11.0. The average molecular weight is 472 g/mol. The van der Waals surface area contributed by atoms with E-state index < -0.39 is 11.6 Å². The largest absolute Gasteiger partial charge is 0.464 e. The molecular weight excluding hydrogens is 446 g/mol. The molecule has 0 spiro atoms. The van der Waals surface area contributed by atoms with Crippen molar-refractivity contribution in [1.29, 1.82) is 0 Å². The van der Waals surface area contributed by atoms with Gasteiger partial charge in [0.2, 0.25) is 5.78 Å². The zero-order chi connectivity index (χ0) is 25.2. The van der Waals surface area contributed by atoms with E-state index in [1.165, 1.54) is 13.2 Å². The van der Waals surface area contributed by atoms with Gasteiger partial charge >= 0.3 is 11.9 Å². The molecule has 0 unspecified atom stereocenters. The monoisotopic (exact) mass is 471 g/mol. The minimum absolute atomic E-state index is 0.0377. The van der Waals surface area contributed by atoms with Crippen molar-refractivity contribution < 1.29 is 23.9 Å². The number of pyridine rings is 2. The first-order chi connectivity index (χ1) is 16.7. The Bertz CT molecular complexity index is 1420. The Kier molecular flexibility index (Phi) is 6.46. The molecule has 3 heterocycles. The highest BCUT2D eigenvalue weighted by atomic mass is 16.6. The van der Waals surface area contributed by atoms with Gasteiger partial charge in [0.05, 0.1) is 24.6 Å². The van der Waals surface area contributed by atoms with Crippen molar-refractivity contribution in [3.8, 4) is 11.3 Å². The van der Waals surface area contributed by atoms with E-state index in [0.717, 1.165) is 5.56 Å². The van der Waals surface area contributed by atoms with E-state index >= 15 is 0 Å². The number of nitrogens with zero attached hydrogens (tertiary/aromatic N) is 3. The van der Waals surface area contributed by atoms with E-state index in [1.54, 1.807) is 35.0 Å². The van der Waals surface area contributed by atoms with Crippen LogP contribution < -0.4 is 0 Å². The summed E-state index contributed by atoms with van der Waals surface area (Å²) < 4.78 is 11.7. The molecule has 178 valence electrons. The van der Waals surface area contributed by atoms with Crippen molar-refractivity contribution in [3.05, 3.63) is 89.4 Å². The molecule has 0 fully saturated rings. The molecule has 0 bridgehead atoms. The van der Waals surface area contributed by atoms with Crippen LogP contribution in [0.1, 0.15) is 52.9 Å². The van der Waals surface area contributed by atoms with E-state index in [0.29, 0.717) is 22.3 Å². The van der Waals surface area contributed by atoms with E-state index in [1.807, 2.05) is 51.1 Å². The second kappa shape index (κ2) is 9.50. The molecule has 0 aliphatic heterocycles. The van der Waals surface area contributed by atoms with Gasteiger partial charge in [-0.25, -0.2) is 14.3 Å². The van der Waals surface area contributed by atoms with Crippen molar-refractivity contribution >= 4 is 23.2 Å². The van der Waals surface area contributed by atoms with Gasteiger partial charge in [0.25, 0.3) is 0 Å². The van der Waals surface area contributed by atoms with Crippen molar-refractivity contribution in [1.82, 2.24) is 14.6 Å². The molecule has 0 amide bonds. The summed E-state index contributed by atoms with van der Waals surface area (Å²) >= 11 is 0. The lowest BCUT2D eigenvalue weighted by Gasteiger charge is -2.19. The lowest BCUT2D eigenvalue weighted by atomic mass is 10.0. The highest BCUT2D eigenvalue weighted by Crippen LogP contribution is 2.29. The Morgan fingerprint density at radius 2 is 1.63 bits per heavy atom. The third kappa shape index (κ3) is 5.27. The zero-order valence-electron chi connectivity index (χ0n) is 19.9. The topological polar surface area (TPSA) is 99.9 Å². The van der Waals surface area contributed by atoms with E-state index in [4.69, 9.17) is 9.47 Å². The third-order valence-electron chi connectivity index (χ3n) is 5.11. The van der Waals surface area contributed by atoms with E-state index in [9.17, 15) is 14.4 Å². The summed E-state index contributed by atoms with van der Waals surface area (Å²) in [5.74, 6) is -1.37. The van der Waals surface area contributed by atoms with Gasteiger partial charge in [-0.3, -0.25) is 9.59 Å². The minimum atomic E-state index is -0.630. The Morgan fingerprint density at radius 1 is 0.914 bits per heavy atom. The number of ether oxygens (including phenoxy) is 2. The van der Waals surface area contributed by atoms with E-state index in [-0.39, 0.29) is 29.6 Å². The van der Waals surface area contributed by atoms with Crippen LogP contribution in [-0.4, -0.2) is 45.0 Å². The van der Waals surface area contributed by atoms with Crippen LogP contribution in [0.3, 0.4) is 0 Å². The van der Waals surface area contributed by atoms with Crippen molar-refractivity contribution in [2.45, 2.75) is 32.8 Å². The number of esters is 2. The van der Waals surface area contributed by atoms with Crippen LogP contribution >= 0.6 is 0 Å². The summed E-state index contributed by atoms with van der Waals surface area (Å²) in [5.41, 5.74) is 2.35. The molecule has 0 saturated carbocycles. The standard InChI is InChI=1S/C27H25N3O5/c1-27(2,3)35-22(31)15-17-13-14-21-23(24(29-30(21)16-17)18-9-6-5-7-10-18)25(32)19-11-8-12-20(28-19)26(33)34-4/h5-14,16H,15H2,1-4H3. The fourth-order valence-electron chi connectivity index (χ4n) is 3.67. The van der Waals surface area contributed by atoms with Crippen molar-refractivity contribution in [2.75, 3.05) is 7.11 Å². The number of fused-ring (bicyclic) bond motifs is 1. The minimum Gasteiger partial charge on any atom is -0.464 e. The molecule has 4 aromatic rings. The Labute approximate surface area is 202 Å². The second-order valence-electron chi connectivity index (χ2n) is 8.95. The first-order valence-corrected chi connectivity index (χ1v) is 11.0. The molecular formula is C27H25N3O5. The average Bonchev–Trinajstić information content (AvgIpc) is 3.21. The highest BCUT2D eigenvalue weighted by Gasteiger charge is 2.25. The van der Waals surface area contributed by atoms with Gasteiger partial charge < -0.3 is 9.47 Å². The van der Waals surface area contributed by atoms with Crippen LogP contribution in [-0.2, 0) is 20.7 Å². The van der Waals surface area contributed by atoms with Gasteiger partial charge in [-0.1, -0.05) is 42.5 Å². The summed E-state index contributed by atoms with van der Waals surface area (Å²) in [7, 11) is 1.26. The molecule has 3 aromatic heterocycles. The number of aromatic nitrogens is 3. The van der Waals surface area contributed by atoms with Gasteiger partial charge in [0.1, 0.15) is 22.7 Å². The van der Waals surface area contributed by atoms with E-state index in [2.05, 4.69) is 10.1 Å². The predicted octanol–water partition coefficient (Wildman–Crippen LogP) is 4.30. The summed E-state index contributed by atoms with van der Waals surface area (Å²) in [6.45, 7) is 5.44. The van der Waals surface area contributed by atoms with Crippen LogP contribution in [0.25, 0.3) is 16.8 Å². The molecule has 8 heteroatoms. The molecule has 0 aliphatic rings. The fraction of sp³-hybridized carbons (Fsp3) is 0.222. The lowest BCUT2D eigenvalue weighted by Crippen LogP contribution is -2.25. The quantitative estimate of drug-likeness (QED) is 0.305. The number of methoxy groups -OCH3 is 1. The fourth-order valence-corrected chi connectivity index (χ4v) is 3.67. The van der Waals surface area contributed by atoms with Gasteiger partial charge in [0, 0.05) is 11.8 Å². The molecule has 35 heavy (non-hydrogen) atoms. The number of hydrogen-bond acceptors (Lipinski definition) is 7. The summed E-state index contributed by atoms with van der Waals surface area (Å²) in [5, 5.41) is 4.67. The summed E-state index contributed by atoms with van der Waals surface area (Å²) in [6.07, 6.45) is 1.78. The molecule has 0 radical (unpaired) electrons. The van der Waals surface area contributed by atoms with Gasteiger partial charge in [-0.15, -0.1) is 0 Å². The smallest absolute Gasteiger partial charge is 0.356 e. The van der Waals surface area contributed by atoms with Crippen molar-refractivity contribution in [3.63, 3.8) is 0 Å². The predicted molar refractivity (Wildman–Crippen MR) is 129 cm³/mol. The molecule has 8 nitrogen and oxygen atoms in total. The number of rotatable bonds is 6. The maximum Gasteiger partial charge on any atom is 0.356 e. The van der Waals surface area contributed by atoms with Crippen molar-refractivity contribution in [2.24, 2.45) is 0 Å². The Balaban J connectivity index is 1.80. The maximum absolute atomic E-state index is 13.7. The van der Waals surface area contributed by atoms with Gasteiger partial charge in [-0.05, 0) is 44.5 Å².